The monoisotopic (exact) mass is 447 g/mol. The van der Waals surface area contributed by atoms with Gasteiger partial charge in [-0.1, -0.05) is 60.3 Å². The number of thioether (sulfide) groups is 1. The Balaban J connectivity index is 1.50. The van der Waals surface area contributed by atoms with Gasteiger partial charge in [-0.15, -0.1) is 6.58 Å². The smallest absolute Gasteiger partial charge is 0.169 e. The number of nitrogens with two attached hydrogens (primary N) is 1. The molecule has 1 atom stereocenters. The van der Waals surface area contributed by atoms with Crippen molar-refractivity contribution < 1.29 is 4.39 Å². The number of rotatable bonds is 7. The van der Waals surface area contributed by atoms with E-state index in [1.807, 2.05) is 24.3 Å². The standard InChI is InChI=1S/C25H26FN5S/c1-2-13-32-25-29-22-23(20-5-3-4-6-21(20)28-24(22)27)31(25)15-18-9-7-17(8-10-18)14-30-12-11-19(26)16-30/h2-10,19H,1,11-16H2,(H2,27,28)/t19-/m1/s1. The van der Waals surface area contributed by atoms with Gasteiger partial charge in [-0.25, -0.2) is 14.4 Å². The van der Waals surface area contributed by atoms with Gasteiger partial charge in [0.1, 0.15) is 11.7 Å². The van der Waals surface area contributed by atoms with Gasteiger partial charge in [-0.05, 0) is 23.6 Å². The van der Waals surface area contributed by atoms with E-state index in [1.165, 1.54) is 11.1 Å². The SMILES string of the molecule is C=CCSc1nc2c(N)nc3ccccc3c2n1Cc1ccc(CN2CC[C@@H](F)C2)cc1. The lowest BCUT2D eigenvalue weighted by Gasteiger charge is -2.15. The van der Waals surface area contributed by atoms with Crippen LogP contribution in [0.1, 0.15) is 17.5 Å². The van der Waals surface area contributed by atoms with Crippen LogP contribution in [0, 0.1) is 0 Å². The summed E-state index contributed by atoms with van der Waals surface area (Å²) in [4.78, 5) is 11.6. The third-order valence-corrected chi connectivity index (χ3v) is 6.86. The predicted molar refractivity (Wildman–Crippen MR) is 131 cm³/mol. The molecule has 2 aromatic carbocycles. The molecular weight excluding hydrogens is 421 g/mol. The minimum Gasteiger partial charge on any atom is -0.382 e. The first-order chi connectivity index (χ1) is 15.6. The average Bonchev–Trinajstić information content (AvgIpc) is 3.37. The van der Waals surface area contributed by atoms with Crippen molar-refractivity contribution in [2.75, 3.05) is 24.6 Å². The number of nitrogen functional groups attached to an aromatic ring is 1. The van der Waals surface area contributed by atoms with Gasteiger partial charge in [-0.3, -0.25) is 4.90 Å². The highest BCUT2D eigenvalue weighted by atomic mass is 32.2. The molecule has 1 saturated heterocycles. The molecule has 2 aromatic heterocycles. The molecule has 1 fully saturated rings. The van der Waals surface area contributed by atoms with Crippen LogP contribution in [-0.2, 0) is 13.1 Å². The second kappa shape index (κ2) is 8.92. The lowest BCUT2D eigenvalue weighted by Crippen LogP contribution is -2.20. The number of para-hydroxylation sites is 1. The first-order valence-corrected chi connectivity index (χ1v) is 11.8. The van der Waals surface area contributed by atoms with Gasteiger partial charge in [0.25, 0.3) is 0 Å². The number of fused-ring (bicyclic) bond motifs is 3. The number of aromatic nitrogens is 3. The van der Waals surface area contributed by atoms with Crippen LogP contribution in [0.15, 0.2) is 66.3 Å². The van der Waals surface area contributed by atoms with E-state index in [0.717, 1.165) is 45.9 Å². The molecule has 1 aliphatic heterocycles. The van der Waals surface area contributed by atoms with Crippen molar-refractivity contribution in [3.8, 4) is 0 Å². The summed E-state index contributed by atoms with van der Waals surface area (Å²) in [6, 6.07) is 16.6. The highest BCUT2D eigenvalue weighted by Crippen LogP contribution is 2.33. The number of benzene rings is 2. The topological polar surface area (TPSA) is 60.0 Å². The minimum atomic E-state index is -0.688. The number of halogens is 1. The Labute approximate surface area is 191 Å². The van der Waals surface area contributed by atoms with Crippen molar-refractivity contribution in [2.24, 2.45) is 0 Å². The zero-order chi connectivity index (χ0) is 22.1. The molecule has 0 saturated carbocycles. The Hall–Kier alpha value is -2.90. The van der Waals surface area contributed by atoms with Gasteiger partial charge in [-0.2, -0.15) is 0 Å². The summed E-state index contributed by atoms with van der Waals surface area (Å²) in [5.41, 5.74) is 11.3. The molecule has 3 heterocycles. The Kier molecular flexibility index (Phi) is 5.85. The Morgan fingerprint density at radius 3 is 2.56 bits per heavy atom. The highest BCUT2D eigenvalue weighted by molar-refractivity contribution is 7.99. The van der Waals surface area contributed by atoms with Crippen molar-refractivity contribution >= 4 is 39.5 Å². The first kappa shape index (κ1) is 21.0. The Bertz CT molecular complexity index is 1270. The van der Waals surface area contributed by atoms with Crippen molar-refractivity contribution in [2.45, 2.75) is 30.8 Å². The molecule has 5 nitrogen and oxygen atoms in total. The van der Waals surface area contributed by atoms with Crippen LogP contribution in [0.25, 0.3) is 21.9 Å². The van der Waals surface area contributed by atoms with Gasteiger partial charge < -0.3 is 10.3 Å². The lowest BCUT2D eigenvalue weighted by atomic mass is 10.1. The predicted octanol–water partition coefficient (Wildman–Crippen LogP) is 5.04. The molecule has 0 amide bonds. The average molecular weight is 448 g/mol. The van der Waals surface area contributed by atoms with E-state index in [4.69, 9.17) is 10.7 Å². The van der Waals surface area contributed by atoms with Crippen LogP contribution < -0.4 is 5.73 Å². The third kappa shape index (κ3) is 4.10. The molecule has 0 bridgehead atoms. The van der Waals surface area contributed by atoms with Gasteiger partial charge >= 0.3 is 0 Å². The van der Waals surface area contributed by atoms with E-state index >= 15 is 0 Å². The molecule has 32 heavy (non-hydrogen) atoms. The number of imidazole rings is 1. The molecule has 5 rings (SSSR count). The van der Waals surface area contributed by atoms with E-state index in [1.54, 1.807) is 11.8 Å². The minimum absolute atomic E-state index is 0.449. The zero-order valence-corrected chi connectivity index (χ0v) is 18.7. The Morgan fingerprint density at radius 1 is 1.09 bits per heavy atom. The lowest BCUT2D eigenvalue weighted by molar-refractivity contribution is 0.282. The van der Waals surface area contributed by atoms with E-state index in [-0.39, 0.29) is 0 Å². The van der Waals surface area contributed by atoms with E-state index in [0.29, 0.717) is 25.3 Å². The molecular formula is C25H26FN5S. The summed E-state index contributed by atoms with van der Waals surface area (Å²) in [6.07, 6.45) is 1.83. The quantitative estimate of drug-likeness (QED) is 0.318. The summed E-state index contributed by atoms with van der Waals surface area (Å²) in [5, 5.41) is 1.95. The highest BCUT2D eigenvalue weighted by Gasteiger charge is 2.21. The van der Waals surface area contributed by atoms with E-state index in [9.17, 15) is 4.39 Å². The molecule has 7 heteroatoms. The maximum atomic E-state index is 13.5. The summed E-state index contributed by atoms with van der Waals surface area (Å²) in [7, 11) is 0. The maximum Gasteiger partial charge on any atom is 0.169 e. The largest absolute Gasteiger partial charge is 0.382 e. The fraction of sp³-hybridized carbons (Fsp3) is 0.280. The van der Waals surface area contributed by atoms with Crippen LogP contribution in [0.5, 0.6) is 0 Å². The number of hydrogen-bond donors (Lipinski definition) is 1. The fourth-order valence-electron chi connectivity index (χ4n) is 4.35. The van der Waals surface area contributed by atoms with Gasteiger partial charge in [0.15, 0.2) is 11.0 Å². The number of nitrogens with zero attached hydrogens (tertiary/aromatic N) is 4. The van der Waals surface area contributed by atoms with Gasteiger partial charge in [0, 0.05) is 30.8 Å². The van der Waals surface area contributed by atoms with Crippen LogP contribution in [0.2, 0.25) is 0 Å². The Morgan fingerprint density at radius 2 is 1.84 bits per heavy atom. The number of likely N-dealkylation sites (tertiary alicyclic amines) is 1. The van der Waals surface area contributed by atoms with E-state index in [2.05, 4.69) is 51.4 Å². The maximum absolute atomic E-state index is 13.5. The fourth-order valence-corrected chi connectivity index (χ4v) is 5.08. The second-order valence-electron chi connectivity index (χ2n) is 8.23. The number of anilines is 1. The molecule has 0 radical (unpaired) electrons. The third-order valence-electron chi connectivity index (χ3n) is 5.89. The molecule has 4 aromatic rings. The van der Waals surface area contributed by atoms with Crippen LogP contribution in [0.3, 0.4) is 0 Å². The summed E-state index contributed by atoms with van der Waals surface area (Å²) in [5.74, 6) is 1.21. The normalized spacial score (nSPS) is 16.8. The van der Waals surface area contributed by atoms with Gasteiger partial charge in [0.05, 0.1) is 17.6 Å². The number of pyridine rings is 1. The van der Waals surface area contributed by atoms with Crippen LogP contribution in [-0.4, -0.2) is 44.4 Å². The van der Waals surface area contributed by atoms with Crippen LogP contribution in [0.4, 0.5) is 10.2 Å². The van der Waals surface area contributed by atoms with Crippen molar-refractivity contribution in [3.05, 3.63) is 72.3 Å². The van der Waals surface area contributed by atoms with Crippen molar-refractivity contribution in [1.29, 1.82) is 0 Å². The second-order valence-corrected chi connectivity index (χ2v) is 9.22. The van der Waals surface area contributed by atoms with Crippen LogP contribution >= 0.6 is 11.8 Å². The molecule has 0 unspecified atom stereocenters. The summed E-state index contributed by atoms with van der Waals surface area (Å²) < 4.78 is 15.7. The molecule has 164 valence electrons. The molecule has 1 aliphatic rings. The first-order valence-electron chi connectivity index (χ1n) is 10.8. The molecule has 0 spiro atoms. The van der Waals surface area contributed by atoms with Crippen molar-refractivity contribution in [3.63, 3.8) is 0 Å². The number of alkyl halides is 1. The van der Waals surface area contributed by atoms with Crippen molar-refractivity contribution in [1.82, 2.24) is 19.4 Å². The zero-order valence-electron chi connectivity index (χ0n) is 17.9. The molecule has 0 aliphatic carbocycles. The summed E-state index contributed by atoms with van der Waals surface area (Å²) in [6.45, 7) is 6.69. The van der Waals surface area contributed by atoms with E-state index < -0.39 is 6.17 Å². The number of hydrogen-bond acceptors (Lipinski definition) is 5. The molecule has 2 N–H and O–H groups in total. The summed E-state index contributed by atoms with van der Waals surface area (Å²) >= 11 is 1.64. The van der Waals surface area contributed by atoms with Gasteiger partial charge in [0.2, 0.25) is 0 Å².